The van der Waals surface area contributed by atoms with Gasteiger partial charge in [0.2, 0.25) is 11.8 Å². The summed E-state index contributed by atoms with van der Waals surface area (Å²) >= 11 is 0. The van der Waals surface area contributed by atoms with Gasteiger partial charge in [-0.3, -0.25) is 19.7 Å². The first-order valence-electron chi connectivity index (χ1n) is 9.59. The lowest BCUT2D eigenvalue weighted by molar-refractivity contribution is -0.136. The Morgan fingerprint density at radius 2 is 1.75 bits per heavy atom. The van der Waals surface area contributed by atoms with Crippen molar-refractivity contribution in [3.63, 3.8) is 0 Å². The third-order valence-electron chi connectivity index (χ3n) is 6.24. The SMILES string of the molecule is O=C1CCC(N2Cc3c(cc(F)c(F)c3N3C[C@H]4CC[C@@H](C3)N4)C2=O)C(=O)N1. The minimum Gasteiger partial charge on any atom is -0.366 e. The van der Waals surface area contributed by atoms with Crippen molar-refractivity contribution < 1.29 is 23.2 Å². The van der Waals surface area contributed by atoms with Gasteiger partial charge in [-0.05, 0) is 25.3 Å². The van der Waals surface area contributed by atoms with Gasteiger partial charge in [-0.1, -0.05) is 0 Å². The second-order valence-corrected chi connectivity index (χ2v) is 7.99. The minimum absolute atomic E-state index is 0.0340. The van der Waals surface area contributed by atoms with E-state index in [4.69, 9.17) is 0 Å². The lowest BCUT2D eigenvalue weighted by atomic mass is 10.0. The summed E-state index contributed by atoms with van der Waals surface area (Å²) in [6.45, 7) is 1.14. The summed E-state index contributed by atoms with van der Waals surface area (Å²) in [5, 5.41) is 5.69. The van der Waals surface area contributed by atoms with Crippen LogP contribution in [0.15, 0.2) is 6.07 Å². The fourth-order valence-electron chi connectivity index (χ4n) is 4.94. The molecule has 3 amide bonds. The summed E-state index contributed by atoms with van der Waals surface area (Å²) in [4.78, 5) is 39.7. The van der Waals surface area contributed by atoms with E-state index in [2.05, 4.69) is 10.6 Å². The van der Waals surface area contributed by atoms with Crippen LogP contribution in [0.2, 0.25) is 0 Å². The van der Waals surface area contributed by atoms with E-state index >= 15 is 0 Å². The number of benzene rings is 1. The van der Waals surface area contributed by atoms with Crippen molar-refractivity contribution in [1.82, 2.24) is 15.5 Å². The smallest absolute Gasteiger partial charge is 0.255 e. The third kappa shape index (κ3) is 2.60. The number of nitrogens with zero attached hydrogens (tertiary/aromatic N) is 2. The highest BCUT2D eigenvalue weighted by molar-refractivity contribution is 6.06. The highest BCUT2D eigenvalue weighted by Gasteiger charge is 2.43. The monoisotopic (exact) mass is 390 g/mol. The number of nitrogens with one attached hydrogen (secondary N) is 2. The van der Waals surface area contributed by atoms with E-state index < -0.39 is 29.5 Å². The number of hydrogen-bond donors (Lipinski definition) is 2. The fourth-order valence-corrected chi connectivity index (χ4v) is 4.94. The molecule has 4 aliphatic rings. The lowest BCUT2D eigenvalue weighted by Crippen LogP contribution is -2.52. The molecule has 148 valence electrons. The summed E-state index contributed by atoms with van der Waals surface area (Å²) in [5.74, 6) is -3.42. The summed E-state index contributed by atoms with van der Waals surface area (Å²) < 4.78 is 29.2. The van der Waals surface area contributed by atoms with Crippen LogP contribution in [-0.2, 0) is 16.1 Å². The zero-order valence-electron chi connectivity index (χ0n) is 15.1. The number of anilines is 1. The summed E-state index contributed by atoms with van der Waals surface area (Å²) in [5.41, 5.74) is 0.663. The predicted octanol–water partition coefficient (Wildman–Crippen LogP) is 0.666. The van der Waals surface area contributed by atoms with Crippen LogP contribution >= 0.6 is 0 Å². The quantitative estimate of drug-likeness (QED) is 0.726. The van der Waals surface area contributed by atoms with Gasteiger partial charge < -0.3 is 15.1 Å². The average Bonchev–Trinajstić information content (AvgIpc) is 3.15. The number of halogens is 2. The number of carbonyl (C=O) groups is 3. The second kappa shape index (κ2) is 6.23. The Bertz CT molecular complexity index is 894. The molecule has 2 bridgehead atoms. The highest BCUT2D eigenvalue weighted by atomic mass is 19.2. The van der Waals surface area contributed by atoms with Crippen molar-refractivity contribution >= 4 is 23.4 Å². The van der Waals surface area contributed by atoms with Crippen LogP contribution in [0.1, 0.15) is 41.6 Å². The number of hydrogen-bond acceptors (Lipinski definition) is 5. The molecule has 5 rings (SSSR count). The van der Waals surface area contributed by atoms with E-state index in [1.165, 1.54) is 4.90 Å². The molecule has 3 saturated heterocycles. The van der Waals surface area contributed by atoms with E-state index in [-0.39, 0.29) is 48.6 Å². The van der Waals surface area contributed by atoms with Crippen molar-refractivity contribution in [3.05, 3.63) is 28.8 Å². The van der Waals surface area contributed by atoms with Gasteiger partial charge in [-0.15, -0.1) is 0 Å². The molecule has 7 nitrogen and oxygen atoms in total. The number of amides is 3. The van der Waals surface area contributed by atoms with Crippen molar-refractivity contribution in [3.8, 4) is 0 Å². The Labute approximate surface area is 160 Å². The molecule has 0 aliphatic carbocycles. The van der Waals surface area contributed by atoms with Gasteiger partial charge in [0.05, 0.1) is 5.69 Å². The van der Waals surface area contributed by atoms with Gasteiger partial charge in [0, 0.05) is 49.3 Å². The minimum atomic E-state index is -1.06. The molecule has 1 unspecified atom stereocenters. The summed E-state index contributed by atoms with van der Waals surface area (Å²) in [6, 6.07) is 0.565. The van der Waals surface area contributed by atoms with Crippen molar-refractivity contribution in [2.75, 3.05) is 18.0 Å². The molecular formula is C19H20F2N4O3. The van der Waals surface area contributed by atoms with Gasteiger partial charge in [-0.25, -0.2) is 8.78 Å². The molecule has 28 heavy (non-hydrogen) atoms. The number of imide groups is 1. The molecule has 0 radical (unpaired) electrons. The van der Waals surface area contributed by atoms with Crippen LogP contribution in [0.3, 0.4) is 0 Å². The Morgan fingerprint density at radius 1 is 1.04 bits per heavy atom. The molecule has 2 N–H and O–H groups in total. The normalized spacial score (nSPS) is 29.4. The Morgan fingerprint density at radius 3 is 2.43 bits per heavy atom. The molecular weight excluding hydrogens is 370 g/mol. The maximum Gasteiger partial charge on any atom is 0.255 e. The molecule has 1 aromatic rings. The largest absolute Gasteiger partial charge is 0.366 e. The summed E-state index contributed by atoms with van der Waals surface area (Å²) in [7, 11) is 0. The van der Waals surface area contributed by atoms with Gasteiger partial charge in [-0.2, -0.15) is 0 Å². The molecule has 0 saturated carbocycles. The fraction of sp³-hybridized carbons (Fsp3) is 0.526. The second-order valence-electron chi connectivity index (χ2n) is 7.99. The number of carbonyl (C=O) groups excluding carboxylic acids is 3. The molecule has 0 aromatic heterocycles. The van der Waals surface area contributed by atoms with Crippen molar-refractivity contribution in [2.24, 2.45) is 0 Å². The Balaban J connectivity index is 1.51. The van der Waals surface area contributed by atoms with Crippen LogP contribution in [0, 0.1) is 11.6 Å². The zero-order chi connectivity index (χ0) is 19.6. The van der Waals surface area contributed by atoms with E-state index in [0.29, 0.717) is 18.7 Å². The van der Waals surface area contributed by atoms with E-state index in [1.807, 2.05) is 4.90 Å². The van der Waals surface area contributed by atoms with Crippen LogP contribution in [0.4, 0.5) is 14.5 Å². The molecule has 4 heterocycles. The van der Waals surface area contributed by atoms with Gasteiger partial charge >= 0.3 is 0 Å². The van der Waals surface area contributed by atoms with Crippen LogP contribution in [0.25, 0.3) is 0 Å². The number of fused-ring (bicyclic) bond motifs is 3. The van der Waals surface area contributed by atoms with Crippen molar-refractivity contribution in [1.29, 1.82) is 0 Å². The first kappa shape index (κ1) is 17.5. The average molecular weight is 390 g/mol. The molecule has 0 spiro atoms. The zero-order valence-corrected chi connectivity index (χ0v) is 15.1. The predicted molar refractivity (Wildman–Crippen MR) is 94.6 cm³/mol. The lowest BCUT2D eigenvalue weighted by Gasteiger charge is -2.36. The molecule has 4 aliphatic heterocycles. The van der Waals surface area contributed by atoms with Gasteiger partial charge in [0.15, 0.2) is 11.6 Å². The standard InChI is InChI=1S/C19H20F2N4O3/c20-13-5-11-12(8-25(19(11)28)14-3-4-15(26)23-18(14)27)17(16(13)21)24-6-9-1-2-10(7-24)22-9/h5,9-10,14,22H,1-4,6-8H2,(H,23,26,27)/t9-,10+,14?. The molecule has 3 atom stereocenters. The first-order valence-corrected chi connectivity index (χ1v) is 9.59. The topological polar surface area (TPSA) is 81.8 Å². The maximum atomic E-state index is 14.8. The number of rotatable bonds is 2. The molecule has 9 heteroatoms. The number of piperidine rings is 1. The maximum absolute atomic E-state index is 14.8. The number of piperazine rings is 1. The molecule has 1 aromatic carbocycles. The Kier molecular flexibility index (Phi) is 3.90. The van der Waals surface area contributed by atoms with Gasteiger partial charge in [0.1, 0.15) is 6.04 Å². The van der Waals surface area contributed by atoms with Gasteiger partial charge in [0.25, 0.3) is 5.91 Å². The third-order valence-corrected chi connectivity index (χ3v) is 6.24. The van der Waals surface area contributed by atoms with E-state index in [1.54, 1.807) is 0 Å². The highest BCUT2D eigenvalue weighted by Crippen LogP contribution is 2.39. The summed E-state index contributed by atoms with van der Waals surface area (Å²) in [6.07, 6.45) is 2.32. The van der Waals surface area contributed by atoms with E-state index in [0.717, 1.165) is 18.9 Å². The Hall–Kier alpha value is -2.55. The van der Waals surface area contributed by atoms with Crippen molar-refractivity contribution in [2.45, 2.75) is 50.4 Å². The first-order chi connectivity index (χ1) is 13.4. The van der Waals surface area contributed by atoms with E-state index in [9.17, 15) is 23.2 Å². The van der Waals surface area contributed by atoms with Crippen LogP contribution < -0.4 is 15.5 Å². The van der Waals surface area contributed by atoms with Crippen LogP contribution in [-0.4, -0.2) is 53.8 Å². The van der Waals surface area contributed by atoms with Crippen LogP contribution in [0.5, 0.6) is 0 Å². The molecule has 3 fully saturated rings.